The molecule has 3 rings (SSSR count). The lowest BCUT2D eigenvalue weighted by molar-refractivity contribution is -0.134. The van der Waals surface area contributed by atoms with Crippen molar-refractivity contribution in [2.45, 2.75) is 18.9 Å². The summed E-state index contributed by atoms with van der Waals surface area (Å²) in [6, 6.07) is 15.0. The number of hydrogen-bond acceptors (Lipinski definition) is 4. The minimum absolute atomic E-state index is 0.0311. The molecule has 1 atom stereocenters. The Morgan fingerprint density at radius 2 is 1.93 bits per heavy atom. The Morgan fingerprint density at radius 3 is 2.63 bits per heavy atom. The fraction of sp³-hybridized carbons (Fsp3) is 0.333. The zero-order valence-electron chi connectivity index (χ0n) is 15.6. The van der Waals surface area contributed by atoms with E-state index in [1.807, 2.05) is 54.8 Å². The van der Waals surface area contributed by atoms with Gasteiger partial charge in [0.2, 0.25) is 11.8 Å². The molecule has 2 aromatic carbocycles. The maximum Gasteiger partial charge on any atom is 0.247 e. The molecule has 0 spiro atoms. The number of para-hydroxylation sites is 1. The van der Waals surface area contributed by atoms with Crippen LogP contribution in [0.15, 0.2) is 48.5 Å². The highest BCUT2D eigenvalue weighted by Crippen LogP contribution is 2.30. The molecule has 0 aromatic heterocycles. The van der Waals surface area contributed by atoms with Crippen molar-refractivity contribution in [2.24, 2.45) is 0 Å². The second-order valence-corrected chi connectivity index (χ2v) is 7.31. The Hall–Kier alpha value is -2.47. The number of carbonyl (C=O) groups excluding carboxylic acids is 2. The van der Waals surface area contributed by atoms with Crippen molar-refractivity contribution >= 4 is 29.3 Å². The lowest BCUT2D eigenvalue weighted by Crippen LogP contribution is -2.44. The summed E-state index contributed by atoms with van der Waals surface area (Å²) in [6.07, 6.45) is 3.46. The third-order valence-corrected chi connectivity index (χ3v) is 5.27. The number of likely N-dealkylation sites (tertiary alicyclic amines) is 1. The molecule has 2 amide bonds. The molecule has 0 unspecified atom stereocenters. The number of ether oxygens (including phenoxy) is 1. The number of amides is 2. The molecule has 1 saturated heterocycles. The summed E-state index contributed by atoms with van der Waals surface area (Å²) in [7, 11) is 1.63. The molecule has 1 aliphatic rings. The topological polar surface area (TPSA) is 58.6 Å². The quantitative estimate of drug-likeness (QED) is 0.826. The Labute approximate surface area is 164 Å². The number of thioether (sulfide) groups is 1. The van der Waals surface area contributed by atoms with Crippen LogP contribution in [0, 0.1) is 0 Å². The predicted octanol–water partition coefficient (Wildman–Crippen LogP) is 3.65. The number of methoxy groups -OCH3 is 1. The van der Waals surface area contributed by atoms with Crippen LogP contribution < -0.4 is 10.1 Å². The highest BCUT2D eigenvalue weighted by Gasteiger charge is 2.33. The van der Waals surface area contributed by atoms with Gasteiger partial charge in [0.25, 0.3) is 0 Å². The second-order valence-electron chi connectivity index (χ2n) is 6.44. The summed E-state index contributed by atoms with van der Waals surface area (Å²) in [5, 5.41) is 3.04. The first-order valence-corrected chi connectivity index (χ1v) is 10.4. The lowest BCUT2D eigenvalue weighted by Gasteiger charge is -2.24. The molecular formula is C21H24N2O3S. The molecule has 2 aromatic rings. The predicted molar refractivity (Wildman–Crippen MR) is 110 cm³/mol. The highest BCUT2D eigenvalue weighted by atomic mass is 32.2. The van der Waals surface area contributed by atoms with Gasteiger partial charge >= 0.3 is 0 Å². The summed E-state index contributed by atoms with van der Waals surface area (Å²) >= 11 is 1.48. The third kappa shape index (κ3) is 4.45. The fourth-order valence-electron chi connectivity index (χ4n) is 3.37. The zero-order chi connectivity index (χ0) is 19.2. The van der Waals surface area contributed by atoms with Crippen molar-refractivity contribution in [1.82, 2.24) is 4.90 Å². The minimum atomic E-state index is -0.395. The monoisotopic (exact) mass is 384 g/mol. The normalized spacial score (nSPS) is 16.2. The van der Waals surface area contributed by atoms with Crippen LogP contribution in [0.5, 0.6) is 5.75 Å². The first-order valence-electron chi connectivity index (χ1n) is 8.96. The van der Waals surface area contributed by atoms with E-state index in [4.69, 9.17) is 4.74 Å². The first kappa shape index (κ1) is 19.3. The Balaban J connectivity index is 1.79. The van der Waals surface area contributed by atoms with Gasteiger partial charge in [0, 0.05) is 17.8 Å². The summed E-state index contributed by atoms with van der Waals surface area (Å²) in [4.78, 5) is 26.9. The lowest BCUT2D eigenvalue weighted by atomic mass is 10.0. The number of benzene rings is 2. The Kier molecular flexibility index (Phi) is 6.40. The van der Waals surface area contributed by atoms with E-state index in [0.29, 0.717) is 18.7 Å². The van der Waals surface area contributed by atoms with Gasteiger partial charge in [-0.2, -0.15) is 11.8 Å². The molecule has 1 aliphatic heterocycles. The largest absolute Gasteiger partial charge is 0.497 e. The molecule has 0 aliphatic carbocycles. The average molecular weight is 385 g/mol. The van der Waals surface area contributed by atoms with E-state index in [0.717, 1.165) is 29.0 Å². The molecule has 27 heavy (non-hydrogen) atoms. The van der Waals surface area contributed by atoms with E-state index >= 15 is 0 Å². The molecule has 1 N–H and O–H groups in total. The third-order valence-electron chi connectivity index (χ3n) is 4.73. The van der Waals surface area contributed by atoms with Crippen molar-refractivity contribution in [2.75, 3.05) is 31.0 Å². The van der Waals surface area contributed by atoms with Crippen LogP contribution in [0.4, 0.5) is 5.69 Å². The van der Waals surface area contributed by atoms with Crippen molar-refractivity contribution in [3.8, 4) is 16.9 Å². The maximum absolute atomic E-state index is 12.9. The van der Waals surface area contributed by atoms with E-state index in [1.54, 1.807) is 12.0 Å². The fourth-order valence-corrected chi connectivity index (χ4v) is 3.79. The average Bonchev–Trinajstić information content (AvgIpc) is 3.19. The van der Waals surface area contributed by atoms with Crippen LogP contribution in [0.25, 0.3) is 11.1 Å². The van der Waals surface area contributed by atoms with Crippen LogP contribution in [-0.4, -0.2) is 48.4 Å². The summed E-state index contributed by atoms with van der Waals surface area (Å²) in [5.74, 6) is 1.10. The van der Waals surface area contributed by atoms with Gasteiger partial charge in [-0.15, -0.1) is 0 Å². The van der Waals surface area contributed by atoms with Crippen LogP contribution in [0.1, 0.15) is 12.8 Å². The van der Waals surface area contributed by atoms with Crippen molar-refractivity contribution in [1.29, 1.82) is 0 Å². The molecule has 0 radical (unpaired) electrons. The van der Waals surface area contributed by atoms with Crippen molar-refractivity contribution in [3.63, 3.8) is 0 Å². The highest BCUT2D eigenvalue weighted by molar-refractivity contribution is 7.99. The SMILES string of the molecule is COc1ccc(-c2ccccc2NC(=O)[C@H]2CCCN2C(=O)CSC)cc1. The number of hydrogen-bond donors (Lipinski definition) is 1. The van der Waals surface area contributed by atoms with Gasteiger partial charge < -0.3 is 15.0 Å². The summed E-state index contributed by atoms with van der Waals surface area (Å²) < 4.78 is 5.21. The van der Waals surface area contributed by atoms with Crippen molar-refractivity contribution in [3.05, 3.63) is 48.5 Å². The number of rotatable bonds is 6. The van der Waals surface area contributed by atoms with Gasteiger partial charge in [0.15, 0.2) is 0 Å². The van der Waals surface area contributed by atoms with Gasteiger partial charge in [-0.05, 0) is 42.9 Å². The van der Waals surface area contributed by atoms with Crippen LogP contribution in [0.2, 0.25) is 0 Å². The van der Waals surface area contributed by atoms with Gasteiger partial charge in [0.1, 0.15) is 11.8 Å². The van der Waals surface area contributed by atoms with Gasteiger partial charge in [-0.3, -0.25) is 9.59 Å². The van der Waals surface area contributed by atoms with E-state index in [-0.39, 0.29) is 11.8 Å². The van der Waals surface area contributed by atoms with E-state index in [1.165, 1.54) is 11.8 Å². The summed E-state index contributed by atoms with van der Waals surface area (Å²) in [6.45, 7) is 0.650. The van der Waals surface area contributed by atoms with Crippen LogP contribution >= 0.6 is 11.8 Å². The number of carbonyl (C=O) groups is 2. The van der Waals surface area contributed by atoms with E-state index < -0.39 is 6.04 Å². The Bertz CT molecular complexity index is 807. The Morgan fingerprint density at radius 1 is 1.19 bits per heavy atom. The maximum atomic E-state index is 12.9. The van der Waals surface area contributed by atoms with Crippen molar-refractivity contribution < 1.29 is 14.3 Å². The minimum Gasteiger partial charge on any atom is -0.497 e. The van der Waals surface area contributed by atoms with Gasteiger partial charge in [0.05, 0.1) is 12.9 Å². The molecule has 1 fully saturated rings. The molecule has 1 heterocycles. The second kappa shape index (κ2) is 8.95. The molecule has 142 valence electrons. The van der Waals surface area contributed by atoms with E-state index in [9.17, 15) is 9.59 Å². The number of nitrogens with one attached hydrogen (secondary N) is 1. The molecular weight excluding hydrogens is 360 g/mol. The standard InChI is InChI=1S/C21H24N2O3S/c1-26-16-11-9-15(10-12-16)17-6-3-4-7-18(17)22-21(25)19-8-5-13-23(19)20(24)14-27-2/h3-4,6-7,9-12,19H,5,8,13-14H2,1-2H3,(H,22,25)/t19-/m1/s1. The van der Waals surface area contributed by atoms with Crippen LogP contribution in [0.3, 0.4) is 0 Å². The molecule has 6 heteroatoms. The smallest absolute Gasteiger partial charge is 0.247 e. The number of nitrogens with zero attached hydrogens (tertiary/aromatic N) is 1. The van der Waals surface area contributed by atoms with Gasteiger partial charge in [-0.1, -0.05) is 30.3 Å². The van der Waals surface area contributed by atoms with E-state index in [2.05, 4.69) is 5.32 Å². The molecule has 0 bridgehead atoms. The summed E-state index contributed by atoms with van der Waals surface area (Å²) in [5.41, 5.74) is 2.68. The first-order chi connectivity index (χ1) is 13.1. The molecule has 5 nitrogen and oxygen atoms in total. The molecule has 0 saturated carbocycles. The number of anilines is 1. The zero-order valence-corrected chi connectivity index (χ0v) is 16.4. The van der Waals surface area contributed by atoms with Crippen LogP contribution in [-0.2, 0) is 9.59 Å². The van der Waals surface area contributed by atoms with Gasteiger partial charge in [-0.25, -0.2) is 0 Å².